The number of carbonyl (C=O) groups excluding carboxylic acids is 1. The van der Waals surface area contributed by atoms with Crippen LogP contribution in [-0.4, -0.2) is 33.0 Å². The summed E-state index contributed by atoms with van der Waals surface area (Å²) in [7, 11) is 0. The highest BCUT2D eigenvalue weighted by Gasteiger charge is 2.21. The van der Waals surface area contributed by atoms with E-state index in [1.807, 2.05) is 42.7 Å². The molecule has 0 aliphatic heterocycles. The lowest BCUT2D eigenvalue weighted by Gasteiger charge is -2.22. The Hall–Kier alpha value is -2.67. The minimum absolute atomic E-state index is 0.00309. The van der Waals surface area contributed by atoms with E-state index in [4.69, 9.17) is 0 Å². The van der Waals surface area contributed by atoms with Crippen molar-refractivity contribution in [2.75, 3.05) is 17.2 Å². The lowest BCUT2D eigenvalue weighted by atomic mass is 10.2. The normalized spacial score (nSPS) is 11.1. The molecule has 0 aliphatic rings. The first-order chi connectivity index (χ1) is 14.4. The largest absolute Gasteiger partial charge is 0.312 e. The minimum Gasteiger partial charge on any atom is -0.312 e. The Kier molecular flexibility index (Phi) is 7.26. The van der Waals surface area contributed by atoms with E-state index in [0.29, 0.717) is 35.6 Å². The van der Waals surface area contributed by atoms with Gasteiger partial charge in [0.1, 0.15) is 5.82 Å². The highest BCUT2D eigenvalue weighted by molar-refractivity contribution is 7.99. The van der Waals surface area contributed by atoms with Gasteiger partial charge in [0.15, 0.2) is 11.0 Å². The number of nitrogens with zero attached hydrogens (tertiary/aromatic N) is 4. The van der Waals surface area contributed by atoms with Crippen LogP contribution < -0.4 is 4.90 Å². The first-order valence-corrected chi connectivity index (χ1v) is 11.1. The van der Waals surface area contributed by atoms with Gasteiger partial charge in [-0.3, -0.25) is 4.79 Å². The molecule has 3 rings (SSSR count). The van der Waals surface area contributed by atoms with Gasteiger partial charge in [0.25, 0.3) is 0 Å². The molecule has 1 heterocycles. The second-order valence-electron chi connectivity index (χ2n) is 7.50. The van der Waals surface area contributed by atoms with Crippen molar-refractivity contribution in [3.63, 3.8) is 0 Å². The maximum absolute atomic E-state index is 14.3. The molecule has 0 bridgehead atoms. The van der Waals surface area contributed by atoms with Crippen LogP contribution in [0, 0.1) is 18.7 Å². The zero-order valence-electron chi connectivity index (χ0n) is 17.8. The minimum atomic E-state index is -0.334. The summed E-state index contributed by atoms with van der Waals surface area (Å²) in [6.45, 7) is 9.36. The molecule has 0 unspecified atom stereocenters. The maximum atomic E-state index is 14.3. The Morgan fingerprint density at radius 3 is 2.50 bits per heavy atom. The third kappa shape index (κ3) is 4.90. The van der Waals surface area contributed by atoms with Crippen molar-refractivity contribution in [3.8, 4) is 11.4 Å². The fourth-order valence-corrected chi connectivity index (χ4v) is 4.14. The maximum Gasteiger partial charge on any atom is 0.237 e. The number of hydrogen-bond acceptors (Lipinski definition) is 4. The van der Waals surface area contributed by atoms with E-state index in [2.05, 4.69) is 24.0 Å². The van der Waals surface area contributed by atoms with Crippen molar-refractivity contribution in [2.24, 2.45) is 5.92 Å². The number of halogens is 1. The van der Waals surface area contributed by atoms with Crippen molar-refractivity contribution in [1.82, 2.24) is 14.8 Å². The number of aryl methyl sites for hydroxylation is 1. The van der Waals surface area contributed by atoms with Gasteiger partial charge in [-0.2, -0.15) is 0 Å². The molecule has 0 atom stereocenters. The van der Waals surface area contributed by atoms with Crippen molar-refractivity contribution < 1.29 is 9.18 Å². The van der Waals surface area contributed by atoms with Gasteiger partial charge >= 0.3 is 0 Å². The molecule has 5 nitrogen and oxygen atoms in total. The van der Waals surface area contributed by atoms with Crippen LogP contribution in [-0.2, 0) is 11.3 Å². The van der Waals surface area contributed by atoms with Crippen LogP contribution in [0.4, 0.5) is 10.1 Å². The summed E-state index contributed by atoms with van der Waals surface area (Å²) in [5.41, 5.74) is 2.39. The van der Waals surface area contributed by atoms with Crippen molar-refractivity contribution in [3.05, 3.63) is 59.9 Å². The van der Waals surface area contributed by atoms with Gasteiger partial charge in [0.05, 0.1) is 11.3 Å². The van der Waals surface area contributed by atoms with Crippen LogP contribution >= 0.6 is 11.8 Å². The van der Waals surface area contributed by atoms with Crippen LogP contribution in [0.25, 0.3) is 11.4 Å². The third-order valence-electron chi connectivity index (χ3n) is 4.73. The van der Waals surface area contributed by atoms with Gasteiger partial charge in [0, 0.05) is 18.8 Å². The van der Waals surface area contributed by atoms with E-state index in [-0.39, 0.29) is 17.5 Å². The predicted molar refractivity (Wildman–Crippen MR) is 120 cm³/mol. The second-order valence-corrected chi connectivity index (χ2v) is 8.45. The summed E-state index contributed by atoms with van der Waals surface area (Å²) in [4.78, 5) is 14.7. The fraction of sp³-hybridized carbons (Fsp3) is 0.348. The number of benzene rings is 2. The molecular formula is C23H27FN4OS. The highest BCUT2D eigenvalue weighted by Crippen LogP contribution is 2.28. The molecule has 0 saturated heterocycles. The van der Waals surface area contributed by atoms with Gasteiger partial charge in [-0.05, 0) is 43.5 Å². The summed E-state index contributed by atoms with van der Waals surface area (Å²) in [6.07, 6.45) is 0. The monoisotopic (exact) mass is 426 g/mol. The van der Waals surface area contributed by atoms with Crippen molar-refractivity contribution in [1.29, 1.82) is 0 Å². The van der Waals surface area contributed by atoms with Crippen LogP contribution in [0.5, 0.6) is 0 Å². The zero-order valence-corrected chi connectivity index (χ0v) is 18.6. The second kappa shape index (κ2) is 9.89. The van der Waals surface area contributed by atoms with Crippen LogP contribution in [0.15, 0.2) is 53.7 Å². The molecule has 7 heteroatoms. The van der Waals surface area contributed by atoms with Crippen LogP contribution in [0.1, 0.15) is 26.3 Å². The van der Waals surface area contributed by atoms with Gasteiger partial charge in [-0.25, -0.2) is 4.39 Å². The lowest BCUT2D eigenvalue weighted by molar-refractivity contribution is -0.116. The first-order valence-electron chi connectivity index (χ1n) is 10.1. The van der Waals surface area contributed by atoms with Crippen molar-refractivity contribution >= 4 is 23.4 Å². The molecular weight excluding hydrogens is 399 g/mol. The smallest absolute Gasteiger partial charge is 0.237 e. The van der Waals surface area contributed by atoms with Crippen molar-refractivity contribution in [2.45, 2.75) is 39.4 Å². The van der Waals surface area contributed by atoms with Gasteiger partial charge in [-0.15, -0.1) is 10.2 Å². The number of amides is 1. The van der Waals surface area contributed by atoms with E-state index in [1.165, 1.54) is 17.8 Å². The molecule has 30 heavy (non-hydrogen) atoms. The van der Waals surface area contributed by atoms with E-state index in [0.717, 1.165) is 11.3 Å². The standard InChI is InChI=1S/C23H27FN4OS/c1-5-27(20-13-9-6-10-17(20)4)21(29)15-30-23-26-25-22(28(23)14-16(2)3)18-11-7-8-12-19(18)24/h6-13,16H,5,14-15H2,1-4H3. The number of rotatable bonds is 8. The lowest BCUT2D eigenvalue weighted by Crippen LogP contribution is -2.32. The Morgan fingerprint density at radius 2 is 1.83 bits per heavy atom. The SMILES string of the molecule is CCN(C(=O)CSc1nnc(-c2ccccc2F)n1CC(C)C)c1ccccc1C. The van der Waals surface area contributed by atoms with E-state index >= 15 is 0 Å². The molecule has 0 saturated carbocycles. The third-order valence-corrected chi connectivity index (χ3v) is 5.68. The number of hydrogen-bond donors (Lipinski definition) is 0. The molecule has 3 aromatic rings. The van der Waals surface area contributed by atoms with Crippen LogP contribution in [0.3, 0.4) is 0 Å². The van der Waals surface area contributed by atoms with Gasteiger partial charge in [-0.1, -0.05) is 55.9 Å². The van der Waals surface area contributed by atoms with Crippen LogP contribution in [0.2, 0.25) is 0 Å². The molecule has 2 aromatic carbocycles. The number of carbonyl (C=O) groups is 1. The van der Waals surface area contributed by atoms with E-state index < -0.39 is 0 Å². The van der Waals surface area contributed by atoms with E-state index in [9.17, 15) is 9.18 Å². The summed E-state index contributed by atoms with van der Waals surface area (Å²) in [5, 5.41) is 9.14. The Labute approximate surface area is 181 Å². The molecule has 0 radical (unpaired) electrons. The fourth-order valence-electron chi connectivity index (χ4n) is 3.32. The Bertz CT molecular complexity index is 1020. The average Bonchev–Trinajstić information content (AvgIpc) is 3.10. The first kappa shape index (κ1) is 22.0. The number of para-hydroxylation sites is 1. The number of anilines is 1. The molecule has 0 fully saturated rings. The van der Waals surface area contributed by atoms with Gasteiger partial charge < -0.3 is 9.47 Å². The Morgan fingerprint density at radius 1 is 1.13 bits per heavy atom. The van der Waals surface area contributed by atoms with E-state index in [1.54, 1.807) is 23.1 Å². The average molecular weight is 427 g/mol. The quantitative estimate of drug-likeness (QED) is 0.465. The number of aromatic nitrogens is 3. The summed E-state index contributed by atoms with van der Waals surface area (Å²) < 4.78 is 16.3. The highest BCUT2D eigenvalue weighted by atomic mass is 32.2. The molecule has 0 spiro atoms. The zero-order chi connectivity index (χ0) is 21.7. The summed E-state index contributed by atoms with van der Waals surface area (Å²) in [5.74, 6) is 0.710. The predicted octanol–water partition coefficient (Wildman–Crippen LogP) is 5.19. The molecule has 0 N–H and O–H groups in total. The molecule has 1 aromatic heterocycles. The molecule has 1 amide bonds. The molecule has 158 valence electrons. The molecule has 0 aliphatic carbocycles. The summed E-state index contributed by atoms with van der Waals surface area (Å²) in [6, 6.07) is 14.4. The van der Waals surface area contributed by atoms with Gasteiger partial charge in [0.2, 0.25) is 5.91 Å². The topological polar surface area (TPSA) is 51.0 Å². The number of thioether (sulfide) groups is 1. The summed E-state index contributed by atoms with van der Waals surface area (Å²) >= 11 is 1.34. The Balaban J connectivity index is 1.83.